The molecule has 3 aliphatic heterocycles. The van der Waals surface area contributed by atoms with E-state index < -0.39 is 0 Å². The van der Waals surface area contributed by atoms with Crippen molar-refractivity contribution in [1.82, 2.24) is 5.32 Å². The Morgan fingerprint density at radius 1 is 1.29 bits per heavy atom. The van der Waals surface area contributed by atoms with Crippen molar-refractivity contribution in [2.24, 2.45) is 21.8 Å². The number of hydrogen-bond acceptors (Lipinski definition) is 3. The molecule has 3 rings (SSSR count). The number of piperidine rings is 1. The van der Waals surface area contributed by atoms with Crippen molar-refractivity contribution in [2.45, 2.75) is 12.8 Å². The van der Waals surface area contributed by atoms with E-state index in [4.69, 9.17) is 0 Å². The number of fused-ring (bicyclic) bond motifs is 3. The Morgan fingerprint density at radius 3 is 3.14 bits per heavy atom. The van der Waals surface area contributed by atoms with E-state index in [9.17, 15) is 4.79 Å². The molecule has 0 bridgehead atoms. The lowest BCUT2D eigenvalue weighted by Crippen LogP contribution is -2.49. The van der Waals surface area contributed by atoms with E-state index in [2.05, 4.69) is 15.3 Å². The molecular formula is C10H13N3O. The zero-order valence-corrected chi connectivity index (χ0v) is 7.99. The first-order valence-corrected chi connectivity index (χ1v) is 5.20. The van der Waals surface area contributed by atoms with Crippen molar-refractivity contribution in [3.05, 3.63) is 0 Å². The molecule has 0 aromatic heterocycles. The maximum Gasteiger partial charge on any atom is 0.229 e. The standard InChI is InChI=1S/C10H13N3O/c14-10-9-6-1-3-11-8(6)5-13-7(9)2-4-12-10/h6,9H,1-5H2,(H,12,14). The normalized spacial score (nSPS) is 35.3. The maximum absolute atomic E-state index is 11.7. The fraction of sp³-hybridized carbons (Fsp3) is 0.700. The lowest BCUT2D eigenvalue weighted by atomic mass is 9.78. The van der Waals surface area contributed by atoms with Crippen molar-refractivity contribution in [3.63, 3.8) is 0 Å². The smallest absolute Gasteiger partial charge is 0.229 e. The highest BCUT2D eigenvalue weighted by Gasteiger charge is 2.41. The Bertz CT molecular complexity index is 345. The molecule has 1 amide bonds. The second-order valence-electron chi connectivity index (χ2n) is 4.09. The third-order valence-electron chi connectivity index (χ3n) is 3.35. The number of aliphatic imine (C=N–C) groups is 2. The third kappa shape index (κ3) is 1.03. The topological polar surface area (TPSA) is 53.8 Å². The molecule has 74 valence electrons. The van der Waals surface area contributed by atoms with Gasteiger partial charge in [-0.1, -0.05) is 0 Å². The molecule has 3 heterocycles. The molecule has 0 aliphatic carbocycles. The molecular weight excluding hydrogens is 178 g/mol. The number of nitrogens with zero attached hydrogens (tertiary/aromatic N) is 2. The average Bonchev–Trinajstić information content (AvgIpc) is 2.65. The highest BCUT2D eigenvalue weighted by atomic mass is 16.2. The lowest BCUT2D eigenvalue weighted by Gasteiger charge is -2.32. The lowest BCUT2D eigenvalue weighted by molar-refractivity contribution is -0.124. The molecule has 0 radical (unpaired) electrons. The first kappa shape index (κ1) is 8.15. The first-order valence-electron chi connectivity index (χ1n) is 5.20. The molecule has 0 saturated carbocycles. The van der Waals surface area contributed by atoms with E-state index in [0.29, 0.717) is 5.92 Å². The van der Waals surface area contributed by atoms with E-state index in [0.717, 1.165) is 43.9 Å². The van der Waals surface area contributed by atoms with E-state index in [1.807, 2.05) is 0 Å². The fourth-order valence-corrected chi connectivity index (χ4v) is 2.66. The molecule has 0 aromatic rings. The van der Waals surface area contributed by atoms with Gasteiger partial charge in [0, 0.05) is 36.9 Å². The van der Waals surface area contributed by atoms with E-state index >= 15 is 0 Å². The van der Waals surface area contributed by atoms with Crippen LogP contribution in [-0.2, 0) is 4.79 Å². The van der Waals surface area contributed by atoms with Crippen LogP contribution in [-0.4, -0.2) is 37.0 Å². The fourth-order valence-electron chi connectivity index (χ4n) is 2.66. The van der Waals surface area contributed by atoms with Gasteiger partial charge < -0.3 is 5.32 Å². The van der Waals surface area contributed by atoms with Crippen LogP contribution in [0, 0.1) is 11.8 Å². The Morgan fingerprint density at radius 2 is 2.21 bits per heavy atom. The summed E-state index contributed by atoms with van der Waals surface area (Å²) in [6.07, 6.45) is 1.96. The molecule has 4 nitrogen and oxygen atoms in total. The van der Waals surface area contributed by atoms with Gasteiger partial charge in [-0.3, -0.25) is 14.8 Å². The van der Waals surface area contributed by atoms with Gasteiger partial charge >= 0.3 is 0 Å². The quantitative estimate of drug-likeness (QED) is 0.577. The van der Waals surface area contributed by atoms with Crippen LogP contribution in [0.15, 0.2) is 9.98 Å². The number of amides is 1. The van der Waals surface area contributed by atoms with Crippen molar-refractivity contribution in [2.75, 3.05) is 19.6 Å². The minimum absolute atomic E-state index is 0.0127. The number of rotatable bonds is 0. The minimum Gasteiger partial charge on any atom is -0.355 e. The van der Waals surface area contributed by atoms with Crippen LogP contribution < -0.4 is 5.32 Å². The third-order valence-corrected chi connectivity index (χ3v) is 3.35. The maximum atomic E-state index is 11.7. The zero-order valence-electron chi connectivity index (χ0n) is 7.99. The predicted octanol–water partition coefficient (Wildman–Crippen LogP) is 0.0380. The molecule has 2 unspecified atom stereocenters. The van der Waals surface area contributed by atoms with Gasteiger partial charge in [-0.15, -0.1) is 0 Å². The minimum atomic E-state index is 0.0127. The molecule has 3 aliphatic rings. The Labute approximate surface area is 82.5 Å². The number of carbonyl (C=O) groups is 1. The largest absolute Gasteiger partial charge is 0.355 e. The second kappa shape index (κ2) is 2.90. The Kier molecular flexibility index (Phi) is 1.69. The second-order valence-corrected chi connectivity index (χ2v) is 4.09. The number of hydrogen-bond donors (Lipinski definition) is 1. The number of nitrogens with one attached hydrogen (secondary N) is 1. The van der Waals surface area contributed by atoms with Crippen LogP contribution in [0.25, 0.3) is 0 Å². The summed E-state index contributed by atoms with van der Waals surface area (Å²) in [6, 6.07) is 0. The van der Waals surface area contributed by atoms with Crippen LogP contribution in [0.2, 0.25) is 0 Å². The summed E-state index contributed by atoms with van der Waals surface area (Å²) >= 11 is 0. The van der Waals surface area contributed by atoms with Gasteiger partial charge in [0.2, 0.25) is 5.91 Å². The molecule has 2 atom stereocenters. The summed E-state index contributed by atoms with van der Waals surface area (Å²) in [4.78, 5) is 20.6. The Hall–Kier alpha value is -1.19. The first-order chi connectivity index (χ1) is 6.86. The zero-order chi connectivity index (χ0) is 9.54. The summed E-state index contributed by atoms with van der Waals surface area (Å²) in [5.41, 5.74) is 2.26. The van der Waals surface area contributed by atoms with Crippen molar-refractivity contribution in [1.29, 1.82) is 0 Å². The van der Waals surface area contributed by atoms with Gasteiger partial charge in [0.25, 0.3) is 0 Å². The van der Waals surface area contributed by atoms with E-state index in [1.165, 1.54) is 0 Å². The SMILES string of the molecule is O=C1NCCC2=NCC3=NCCC3C12. The average molecular weight is 191 g/mol. The molecule has 14 heavy (non-hydrogen) atoms. The van der Waals surface area contributed by atoms with E-state index in [1.54, 1.807) is 0 Å². The molecule has 0 aromatic carbocycles. The van der Waals surface area contributed by atoms with Crippen molar-refractivity contribution < 1.29 is 4.79 Å². The van der Waals surface area contributed by atoms with Crippen LogP contribution in [0.1, 0.15) is 12.8 Å². The van der Waals surface area contributed by atoms with Gasteiger partial charge in [0.05, 0.1) is 12.5 Å². The summed E-state index contributed by atoms with van der Waals surface area (Å²) in [7, 11) is 0. The monoisotopic (exact) mass is 191 g/mol. The van der Waals surface area contributed by atoms with Crippen molar-refractivity contribution >= 4 is 17.3 Å². The molecule has 1 saturated heterocycles. The molecule has 1 N–H and O–H groups in total. The van der Waals surface area contributed by atoms with Gasteiger partial charge in [0.1, 0.15) is 0 Å². The highest BCUT2D eigenvalue weighted by molar-refractivity contribution is 6.13. The highest BCUT2D eigenvalue weighted by Crippen LogP contribution is 2.30. The van der Waals surface area contributed by atoms with Crippen LogP contribution in [0.3, 0.4) is 0 Å². The predicted molar refractivity (Wildman–Crippen MR) is 53.8 cm³/mol. The van der Waals surface area contributed by atoms with Crippen LogP contribution in [0.4, 0.5) is 0 Å². The summed E-state index contributed by atoms with van der Waals surface area (Å²) in [6.45, 7) is 2.38. The van der Waals surface area contributed by atoms with Crippen LogP contribution >= 0.6 is 0 Å². The molecule has 0 spiro atoms. The summed E-state index contributed by atoms with van der Waals surface area (Å²) < 4.78 is 0. The summed E-state index contributed by atoms with van der Waals surface area (Å²) in [5.74, 6) is 0.538. The van der Waals surface area contributed by atoms with Gasteiger partial charge in [0.15, 0.2) is 0 Å². The van der Waals surface area contributed by atoms with Gasteiger partial charge in [-0.2, -0.15) is 0 Å². The van der Waals surface area contributed by atoms with E-state index in [-0.39, 0.29) is 11.8 Å². The van der Waals surface area contributed by atoms with Crippen LogP contribution in [0.5, 0.6) is 0 Å². The Balaban J connectivity index is 1.98. The van der Waals surface area contributed by atoms with Gasteiger partial charge in [-0.25, -0.2) is 0 Å². The molecule has 1 fully saturated rings. The van der Waals surface area contributed by atoms with Crippen molar-refractivity contribution in [3.8, 4) is 0 Å². The summed E-state index contributed by atoms with van der Waals surface area (Å²) in [5, 5.41) is 2.92. The number of carbonyl (C=O) groups excluding carboxylic acids is 1. The van der Waals surface area contributed by atoms with Gasteiger partial charge in [-0.05, 0) is 6.42 Å². The molecule has 4 heteroatoms.